The van der Waals surface area contributed by atoms with Gasteiger partial charge in [0.15, 0.2) is 0 Å². The summed E-state index contributed by atoms with van der Waals surface area (Å²) in [4.78, 5) is 4.28. The molecule has 1 aromatic carbocycles. The minimum absolute atomic E-state index is 0.709. The zero-order valence-electron chi connectivity index (χ0n) is 11.3. The number of hydrogen-bond donors (Lipinski definition) is 2. The summed E-state index contributed by atoms with van der Waals surface area (Å²) >= 11 is 6.39. The number of rotatable bonds is 3. The number of nitrogens with zero attached hydrogens (tertiary/aromatic N) is 1. The fourth-order valence-corrected chi connectivity index (χ4v) is 2.85. The number of pyridine rings is 1. The molecule has 0 spiro atoms. The highest BCUT2D eigenvalue weighted by Gasteiger charge is 2.14. The van der Waals surface area contributed by atoms with Crippen molar-refractivity contribution < 1.29 is 0 Å². The molecule has 3 nitrogen and oxygen atoms in total. The highest BCUT2D eigenvalue weighted by molar-refractivity contribution is 6.31. The van der Waals surface area contributed by atoms with Crippen LogP contribution in [0.25, 0.3) is 0 Å². The first-order valence-corrected chi connectivity index (χ1v) is 7.41. The van der Waals surface area contributed by atoms with Crippen LogP contribution < -0.4 is 10.6 Å². The van der Waals surface area contributed by atoms with Crippen LogP contribution in [0.5, 0.6) is 0 Å². The minimum atomic E-state index is 0.709. The van der Waals surface area contributed by atoms with Crippen molar-refractivity contribution in [3.05, 3.63) is 52.7 Å². The van der Waals surface area contributed by atoms with Gasteiger partial charge in [0.25, 0.3) is 0 Å². The normalized spacial score (nSPS) is 14.1. The summed E-state index contributed by atoms with van der Waals surface area (Å²) in [6.45, 7) is 1.75. The largest absolute Gasteiger partial charge is 0.385 e. The molecule has 0 saturated carbocycles. The number of nitrogens with one attached hydrogen (secondary N) is 2. The lowest BCUT2D eigenvalue weighted by molar-refractivity contribution is 0.781. The Labute approximate surface area is 124 Å². The number of aromatic nitrogens is 1. The van der Waals surface area contributed by atoms with Gasteiger partial charge in [0, 0.05) is 30.0 Å². The van der Waals surface area contributed by atoms with Gasteiger partial charge in [-0.15, -0.1) is 0 Å². The highest BCUT2D eigenvalue weighted by Crippen LogP contribution is 2.30. The van der Waals surface area contributed by atoms with E-state index < -0.39 is 0 Å². The topological polar surface area (TPSA) is 37.0 Å². The van der Waals surface area contributed by atoms with E-state index >= 15 is 0 Å². The van der Waals surface area contributed by atoms with Crippen LogP contribution >= 0.6 is 11.6 Å². The number of benzene rings is 1. The zero-order valence-corrected chi connectivity index (χ0v) is 12.1. The number of hydrogen-bond acceptors (Lipinski definition) is 3. The molecule has 1 aromatic heterocycles. The smallest absolute Gasteiger partial charge is 0.126 e. The van der Waals surface area contributed by atoms with Crippen LogP contribution in [0.1, 0.15) is 24.0 Å². The molecule has 1 aliphatic rings. The van der Waals surface area contributed by atoms with Gasteiger partial charge in [-0.25, -0.2) is 4.98 Å². The van der Waals surface area contributed by atoms with Crippen LogP contribution in [0, 0.1) is 0 Å². The first-order valence-electron chi connectivity index (χ1n) is 7.03. The molecule has 0 bridgehead atoms. The van der Waals surface area contributed by atoms with Gasteiger partial charge < -0.3 is 10.6 Å². The predicted octanol–water partition coefficient (Wildman–Crippen LogP) is 4.10. The molecule has 0 radical (unpaired) electrons. The van der Waals surface area contributed by atoms with Crippen molar-refractivity contribution in [3.63, 3.8) is 0 Å². The van der Waals surface area contributed by atoms with E-state index in [0.29, 0.717) is 6.54 Å². The van der Waals surface area contributed by atoms with Crippen molar-refractivity contribution in [2.24, 2.45) is 0 Å². The van der Waals surface area contributed by atoms with Gasteiger partial charge >= 0.3 is 0 Å². The van der Waals surface area contributed by atoms with Crippen molar-refractivity contribution >= 4 is 23.1 Å². The minimum Gasteiger partial charge on any atom is -0.385 e. The molecule has 0 amide bonds. The second-order valence-electron chi connectivity index (χ2n) is 5.00. The second kappa shape index (κ2) is 6.14. The zero-order chi connectivity index (χ0) is 13.8. The van der Waals surface area contributed by atoms with Crippen molar-refractivity contribution in [1.29, 1.82) is 0 Å². The van der Waals surface area contributed by atoms with E-state index in [2.05, 4.69) is 21.7 Å². The van der Waals surface area contributed by atoms with Crippen molar-refractivity contribution in [3.8, 4) is 0 Å². The van der Waals surface area contributed by atoms with Crippen molar-refractivity contribution in [1.82, 2.24) is 4.98 Å². The van der Waals surface area contributed by atoms with Crippen molar-refractivity contribution in [2.75, 3.05) is 17.2 Å². The average molecular weight is 288 g/mol. The second-order valence-corrected chi connectivity index (χ2v) is 5.41. The summed E-state index contributed by atoms with van der Waals surface area (Å²) < 4.78 is 0. The SMILES string of the molecule is Clc1ccc2c(c1CNc1ccccn1)CCCCN2. The maximum Gasteiger partial charge on any atom is 0.126 e. The molecule has 2 N–H and O–H groups in total. The lowest BCUT2D eigenvalue weighted by Crippen LogP contribution is -2.07. The van der Waals surface area contributed by atoms with Crippen LogP contribution in [-0.4, -0.2) is 11.5 Å². The standard InChI is InChI=1S/C16H18ClN3/c17-14-7-8-15-12(5-1-3-9-18-15)13(14)11-20-16-6-2-4-10-19-16/h2,4,6-8,10,18H,1,3,5,9,11H2,(H,19,20). The van der Waals surface area contributed by atoms with Gasteiger partial charge in [0.1, 0.15) is 5.82 Å². The van der Waals surface area contributed by atoms with E-state index in [0.717, 1.165) is 23.8 Å². The average Bonchev–Trinajstić information content (AvgIpc) is 2.73. The van der Waals surface area contributed by atoms with Gasteiger partial charge in [0.2, 0.25) is 0 Å². The third-order valence-corrected chi connectivity index (χ3v) is 4.01. The van der Waals surface area contributed by atoms with Gasteiger partial charge in [0.05, 0.1) is 0 Å². The van der Waals surface area contributed by atoms with Crippen LogP contribution in [-0.2, 0) is 13.0 Å². The first kappa shape index (κ1) is 13.3. The molecular weight excluding hydrogens is 270 g/mol. The summed E-state index contributed by atoms with van der Waals surface area (Å²) in [7, 11) is 0. The van der Waals surface area contributed by atoms with E-state index in [1.54, 1.807) is 6.20 Å². The third kappa shape index (κ3) is 2.88. The van der Waals surface area contributed by atoms with Crippen LogP contribution in [0.2, 0.25) is 5.02 Å². The molecule has 2 aromatic rings. The third-order valence-electron chi connectivity index (χ3n) is 3.65. The highest BCUT2D eigenvalue weighted by atomic mass is 35.5. The van der Waals surface area contributed by atoms with Gasteiger partial charge in [-0.1, -0.05) is 17.7 Å². The molecule has 20 heavy (non-hydrogen) atoms. The van der Waals surface area contributed by atoms with Crippen LogP contribution in [0.3, 0.4) is 0 Å². The predicted molar refractivity (Wildman–Crippen MR) is 84.4 cm³/mol. The van der Waals surface area contributed by atoms with E-state index in [-0.39, 0.29) is 0 Å². The molecule has 4 heteroatoms. The molecule has 0 unspecified atom stereocenters. The Morgan fingerprint density at radius 2 is 2.15 bits per heavy atom. The summed E-state index contributed by atoms with van der Waals surface area (Å²) in [5, 5.41) is 7.67. The summed E-state index contributed by atoms with van der Waals surface area (Å²) in [6.07, 6.45) is 5.29. The Hall–Kier alpha value is -1.74. The number of fused-ring (bicyclic) bond motifs is 1. The Morgan fingerprint density at radius 1 is 1.20 bits per heavy atom. The maximum atomic E-state index is 6.39. The lowest BCUT2D eigenvalue weighted by Gasteiger charge is -2.15. The fourth-order valence-electron chi connectivity index (χ4n) is 2.60. The molecule has 1 aliphatic heterocycles. The Kier molecular flexibility index (Phi) is 4.07. The first-order chi connectivity index (χ1) is 9.84. The van der Waals surface area contributed by atoms with Crippen LogP contribution in [0.4, 0.5) is 11.5 Å². The Morgan fingerprint density at radius 3 is 3.00 bits per heavy atom. The molecule has 3 rings (SSSR count). The Balaban J connectivity index is 1.85. The molecule has 0 atom stereocenters. The van der Waals surface area contributed by atoms with E-state index in [1.807, 2.05) is 24.3 Å². The van der Waals surface area contributed by atoms with E-state index in [1.165, 1.54) is 29.7 Å². The Bertz CT molecular complexity index is 584. The molecule has 104 valence electrons. The lowest BCUT2D eigenvalue weighted by atomic mass is 10.0. The van der Waals surface area contributed by atoms with Gasteiger partial charge in [-0.2, -0.15) is 0 Å². The maximum absolute atomic E-state index is 6.39. The monoisotopic (exact) mass is 287 g/mol. The molecule has 0 saturated heterocycles. The van der Waals surface area contributed by atoms with Gasteiger partial charge in [-0.05, 0) is 54.7 Å². The molecular formula is C16H18ClN3. The van der Waals surface area contributed by atoms with E-state index in [9.17, 15) is 0 Å². The van der Waals surface area contributed by atoms with Gasteiger partial charge in [-0.3, -0.25) is 0 Å². The molecule has 0 fully saturated rings. The summed E-state index contributed by atoms with van der Waals surface area (Å²) in [6, 6.07) is 9.93. The summed E-state index contributed by atoms with van der Waals surface area (Å²) in [5.74, 6) is 0.878. The fraction of sp³-hybridized carbons (Fsp3) is 0.312. The molecule has 2 heterocycles. The quantitative estimate of drug-likeness (QED) is 0.892. The molecule has 0 aliphatic carbocycles. The van der Waals surface area contributed by atoms with Crippen molar-refractivity contribution in [2.45, 2.75) is 25.8 Å². The van der Waals surface area contributed by atoms with E-state index in [4.69, 9.17) is 11.6 Å². The number of anilines is 2. The summed E-state index contributed by atoms with van der Waals surface area (Å²) in [5.41, 5.74) is 3.76. The van der Waals surface area contributed by atoms with Crippen LogP contribution in [0.15, 0.2) is 36.5 Å². The number of halogens is 1.